The smallest absolute Gasteiger partial charge is 0.242 e. The van der Waals surface area contributed by atoms with Crippen molar-refractivity contribution in [3.05, 3.63) is 34.9 Å². The van der Waals surface area contributed by atoms with Gasteiger partial charge >= 0.3 is 0 Å². The van der Waals surface area contributed by atoms with Crippen LogP contribution in [0.1, 0.15) is 32.4 Å². The monoisotopic (exact) mass is 565 g/mol. The lowest BCUT2D eigenvalue weighted by atomic mass is 10.0. The van der Waals surface area contributed by atoms with Crippen LogP contribution in [0, 0.1) is 0 Å². The summed E-state index contributed by atoms with van der Waals surface area (Å²) in [5, 5.41) is 4.05. The molecule has 0 aromatic heterocycles. The molecule has 9 heteroatoms. The van der Waals surface area contributed by atoms with Crippen LogP contribution < -0.4 is 5.32 Å². The van der Waals surface area contributed by atoms with Gasteiger partial charge in [-0.1, -0.05) is 23.7 Å². The molecule has 1 unspecified atom stereocenters. The van der Waals surface area contributed by atoms with Crippen LogP contribution in [0.3, 0.4) is 0 Å². The molecule has 1 N–H and O–H groups in total. The average Bonchev–Trinajstić information content (AvgIpc) is 2.74. The topological polar surface area (TPSA) is 60.4 Å². The number of benzene rings is 1. The predicted octanol–water partition coefficient (Wildman–Crippen LogP) is 3.10. The van der Waals surface area contributed by atoms with Gasteiger partial charge in [-0.3, -0.25) is 14.7 Å². The molecule has 1 aromatic rings. The number of nitrogens with one attached hydrogen (secondary N) is 1. The Morgan fingerprint density at radius 3 is 2.52 bits per heavy atom. The van der Waals surface area contributed by atoms with Crippen molar-refractivity contribution in [3.8, 4) is 0 Å². The average molecular weight is 566 g/mol. The highest BCUT2D eigenvalue weighted by atomic mass is 127. The lowest BCUT2D eigenvalue weighted by Gasteiger charge is -2.34. The van der Waals surface area contributed by atoms with E-state index in [2.05, 4.69) is 16.3 Å². The molecular formula is C22H37ClIN5O2. The van der Waals surface area contributed by atoms with E-state index in [1.54, 1.807) is 0 Å². The Morgan fingerprint density at radius 1 is 1.26 bits per heavy atom. The van der Waals surface area contributed by atoms with E-state index in [9.17, 15) is 4.79 Å². The summed E-state index contributed by atoms with van der Waals surface area (Å²) >= 11 is 6.26. The zero-order valence-electron chi connectivity index (χ0n) is 19.1. The quantitative estimate of drug-likeness (QED) is 0.283. The minimum atomic E-state index is 0. The third-order valence-electron chi connectivity index (χ3n) is 5.32. The van der Waals surface area contributed by atoms with Crippen LogP contribution in [0.25, 0.3) is 0 Å². The van der Waals surface area contributed by atoms with Crippen molar-refractivity contribution in [2.45, 2.75) is 26.8 Å². The first-order chi connectivity index (χ1) is 14.5. The summed E-state index contributed by atoms with van der Waals surface area (Å²) in [5.41, 5.74) is 1.14. The van der Waals surface area contributed by atoms with Gasteiger partial charge in [0.05, 0.1) is 32.3 Å². The molecule has 1 saturated heterocycles. The zero-order chi connectivity index (χ0) is 21.9. The van der Waals surface area contributed by atoms with Crippen molar-refractivity contribution in [2.24, 2.45) is 4.99 Å². The van der Waals surface area contributed by atoms with E-state index < -0.39 is 0 Å². The second-order valence-corrected chi connectivity index (χ2v) is 7.77. The normalized spacial score (nSPS) is 15.7. The maximum atomic E-state index is 12.5. The van der Waals surface area contributed by atoms with Crippen LogP contribution in [0.2, 0.25) is 5.02 Å². The number of carbonyl (C=O) groups is 1. The number of amides is 1. The Bertz CT molecular complexity index is 696. The number of rotatable bonds is 9. The molecule has 2 rings (SSSR count). The summed E-state index contributed by atoms with van der Waals surface area (Å²) in [7, 11) is 1.91. The predicted molar refractivity (Wildman–Crippen MR) is 139 cm³/mol. The fraction of sp³-hybridized carbons (Fsp3) is 0.636. The van der Waals surface area contributed by atoms with Crippen LogP contribution in [0.4, 0.5) is 0 Å². The lowest BCUT2D eigenvalue weighted by molar-refractivity contribution is -0.131. The molecule has 1 fully saturated rings. The first-order valence-corrected chi connectivity index (χ1v) is 11.2. The van der Waals surface area contributed by atoms with Gasteiger partial charge in [-0.2, -0.15) is 0 Å². The van der Waals surface area contributed by atoms with Gasteiger partial charge < -0.3 is 19.9 Å². The fourth-order valence-electron chi connectivity index (χ4n) is 3.63. The minimum Gasteiger partial charge on any atom is -0.379 e. The Balaban J connectivity index is 0.00000480. The molecule has 1 amide bonds. The molecule has 1 aliphatic heterocycles. The van der Waals surface area contributed by atoms with Crippen molar-refractivity contribution < 1.29 is 9.53 Å². The van der Waals surface area contributed by atoms with Crippen LogP contribution in [0.15, 0.2) is 29.3 Å². The van der Waals surface area contributed by atoms with Crippen molar-refractivity contribution in [2.75, 3.05) is 66.1 Å². The summed E-state index contributed by atoms with van der Waals surface area (Å²) in [6.07, 6.45) is 0. The van der Waals surface area contributed by atoms with Crippen LogP contribution in [-0.4, -0.2) is 92.6 Å². The molecule has 0 spiro atoms. The van der Waals surface area contributed by atoms with Gasteiger partial charge in [0.2, 0.25) is 5.91 Å². The number of hydrogen-bond acceptors (Lipinski definition) is 4. The molecule has 0 bridgehead atoms. The SMILES string of the molecule is CCNC(=NCC(c1cccc(Cl)c1)N1CCOCC1)N(C)CC(=O)N(CC)CC.I. The van der Waals surface area contributed by atoms with E-state index in [0.29, 0.717) is 26.2 Å². The zero-order valence-corrected chi connectivity index (χ0v) is 22.2. The van der Waals surface area contributed by atoms with Gasteiger partial charge in [-0.05, 0) is 38.5 Å². The molecule has 31 heavy (non-hydrogen) atoms. The summed E-state index contributed by atoms with van der Waals surface area (Å²) in [6, 6.07) is 8.09. The van der Waals surface area contributed by atoms with E-state index in [1.165, 1.54) is 0 Å². The number of morpholine rings is 1. The fourth-order valence-corrected chi connectivity index (χ4v) is 3.83. The Labute approximate surface area is 209 Å². The number of aliphatic imine (C=N–C) groups is 1. The molecule has 1 atom stereocenters. The number of guanidine groups is 1. The number of likely N-dealkylation sites (N-methyl/N-ethyl adjacent to an activating group) is 2. The molecular weight excluding hydrogens is 529 g/mol. The molecule has 7 nitrogen and oxygen atoms in total. The number of carbonyl (C=O) groups excluding carboxylic acids is 1. The van der Waals surface area contributed by atoms with Gasteiger partial charge in [-0.15, -0.1) is 24.0 Å². The highest BCUT2D eigenvalue weighted by Crippen LogP contribution is 2.25. The second-order valence-electron chi connectivity index (χ2n) is 7.34. The second kappa shape index (κ2) is 14.9. The summed E-state index contributed by atoms with van der Waals surface area (Å²) < 4.78 is 5.53. The van der Waals surface area contributed by atoms with Crippen LogP contribution in [-0.2, 0) is 9.53 Å². The van der Waals surface area contributed by atoms with E-state index in [-0.39, 0.29) is 35.9 Å². The largest absolute Gasteiger partial charge is 0.379 e. The first-order valence-electron chi connectivity index (χ1n) is 10.8. The number of ether oxygens (including phenoxy) is 1. The highest BCUT2D eigenvalue weighted by Gasteiger charge is 2.23. The Morgan fingerprint density at radius 2 is 1.94 bits per heavy atom. The van der Waals surface area contributed by atoms with Crippen molar-refractivity contribution >= 4 is 47.4 Å². The van der Waals surface area contributed by atoms with Gasteiger partial charge in [0.25, 0.3) is 0 Å². The third kappa shape index (κ3) is 8.75. The van der Waals surface area contributed by atoms with E-state index in [0.717, 1.165) is 49.4 Å². The third-order valence-corrected chi connectivity index (χ3v) is 5.55. The number of hydrogen-bond donors (Lipinski definition) is 1. The Hall–Kier alpha value is -1.10. The van der Waals surface area contributed by atoms with Gasteiger partial charge in [0, 0.05) is 44.8 Å². The number of nitrogens with zero attached hydrogens (tertiary/aromatic N) is 4. The van der Waals surface area contributed by atoms with Crippen molar-refractivity contribution in [3.63, 3.8) is 0 Å². The highest BCUT2D eigenvalue weighted by molar-refractivity contribution is 14.0. The maximum Gasteiger partial charge on any atom is 0.242 e. The lowest BCUT2D eigenvalue weighted by Crippen LogP contribution is -2.46. The van der Waals surface area contributed by atoms with E-state index >= 15 is 0 Å². The molecule has 176 valence electrons. The van der Waals surface area contributed by atoms with Gasteiger partial charge in [-0.25, -0.2) is 0 Å². The van der Waals surface area contributed by atoms with Gasteiger partial charge in [0.15, 0.2) is 5.96 Å². The molecule has 0 radical (unpaired) electrons. The summed E-state index contributed by atoms with van der Waals surface area (Å²) in [5.74, 6) is 0.839. The van der Waals surface area contributed by atoms with Crippen LogP contribution in [0.5, 0.6) is 0 Å². The maximum absolute atomic E-state index is 12.5. The van der Waals surface area contributed by atoms with Crippen LogP contribution >= 0.6 is 35.6 Å². The molecule has 0 aliphatic carbocycles. The molecule has 1 aromatic carbocycles. The first kappa shape index (κ1) is 27.9. The number of halogens is 2. The van der Waals surface area contributed by atoms with E-state index in [4.69, 9.17) is 21.3 Å². The summed E-state index contributed by atoms with van der Waals surface area (Å²) in [4.78, 5) is 23.6. The standard InChI is InChI=1S/C22H36ClN5O2.HI/c1-5-24-22(26(4)17-21(29)27(6-2)7-3)25-16-20(28-11-13-30-14-12-28)18-9-8-10-19(23)15-18;/h8-10,15,20H,5-7,11-14,16-17H2,1-4H3,(H,24,25);1H. The van der Waals surface area contributed by atoms with Crippen molar-refractivity contribution in [1.82, 2.24) is 20.0 Å². The molecule has 1 aliphatic rings. The van der Waals surface area contributed by atoms with Gasteiger partial charge in [0.1, 0.15) is 0 Å². The summed E-state index contributed by atoms with van der Waals surface area (Å²) in [6.45, 7) is 12.2. The Kier molecular flexibility index (Phi) is 13.4. The molecule has 1 heterocycles. The van der Waals surface area contributed by atoms with E-state index in [1.807, 2.05) is 55.8 Å². The minimum absolute atomic E-state index is 0. The van der Waals surface area contributed by atoms with Crippen molar-refractivity contribution in [1.29, 1.82) is 0 Å². The molecule has 0 saturated carbocycles.